The van der Waals surface area contributed by atoms with Gasteiger partial charge >= 0.3 is 0 Å². The summed E-state index contributed by atoms with van der Waals surface area (Å²) in [6, 6.07) is 2.07. The Balaban J connectivity index is 0.00000144. The van der Waals surface area contributed by atoms with E-state index >= 15 is 0 Å². The Bertz CT molecular complexity index is 386. The Morgan fingerprint density at radius 1 is 1.33 bits per heavy atom. The first-order chi connectivity index (χ1) is 7.75. The summed E-state index contributed by atoms with van der Waals surface area (Å²) in [4.78, 5) is 15.9. The molecule has 102 valence electrons. The van der Waals surface area contributed by atoms with Crippen molar-refractivity contribution in [1.29, 1.82) is 0 Å². The number of pyridine rings is 1. The van der Waals surface area contributed by atoms with Gasteiger partial charge in [0.2, 0.25) is 0 Å². The molecule has 0 aromatic carbocycles. The van der Waals surface area contributed by atoms with Crippen molar-refractivity contribution in [3.8, 4) is 0 Å². The molecule has 0 saturated carbocycles. The second-order valence-corrected chi connectivity index (χ2v) is 4.81. The van der Waals surface area contributed by atoms with E-state index in [2.05, 4.69) is 31.5 Å². The third-order valence-electron chi connectivity index (χ3n) is 2.64. The first-order valence-corrected chi connectivity index (χ1v) is 6.17. The summed E-state index contributed by atoms with van der Waals surface area (Å²) >= 11 is 3.30. The number of amides is 1. The van der Waals surface area contributed by atoms with E-state index in [0.29, 0.717) is 5.56 Å². The van der Waals surface area contributed by atoms with E-state index in [-0.39, 0.29) is 36.8 Å². The number of carbonyl (C=O) groups excluding carboxylic acids is 1. The number of hydrogen-bond acceptors (Lipinski definition) is 3. The molecule has 0 aliphatic carbocycles. The van der Waals surface area contributed by atoms with Crippen LogP contribution in [0.2, 0.25) is 0 Å². The minimum absolute atomic E-state index is 0. The molecule has 1 aliphatic rings. The third-order valence-corrected chi connectivity index (χ3v) is 3.08. The van der Waals surface area contributed by atoms with Gasteiger partial charge in [0.05, 0.1) is 5.56 Å². The SMILES string of the molecule is Cl.Cl.O=C(NC1CCNCC1)c1cncc(Br)c1. The van der Waals surface area contributed by atoms with Gasteiger partial charge in [0.25, 0.3) is 5.91 Å². The van der Waals surface area contributed by atoms with Crippen LogP contribution in [0.3, 0.4) is 0 Å². The zero-order valence-electron chi connectivity index (χ0n) is 9.69. The molecule has 1 aliphatic heterocycles. The zero-order valence-corrected chi connectivity index (χ0v) is 12.9. The molecule has 0 radical (unpaired) electrons. The van der Waals surface area contributed by atoms with E-state index < -0.39 is 0 Å². The second kappa shape index (κ2) is 8.69. The Labute approximate surface area is 127 Å². The Kier molecular flexibility index (Phi) is 8.52. The highest BCUT2D eigenvalue weighted by molar-refractivity contribution is 9.10. The number of aromatic nitrogens is 1. The quantitative estimate of drug-likeness (QED) is 0.853. The van der Waals surface area contributed by atoms with Crippen molar-refractivity contribution in [2.75, 3.05) is 13.1 Å². The maximum absolute atomic E-state index is 11.9. The maximum Gasteiger partial charge on any atom is 0.253 e. The van der Waals surface area contributed by atoms with E-state index in [9.17, 15) is 4.79 Å². The summed E-state index contributed by atoms with van der Waals surface area (Å²) in [6.07, 6.45) is 5.24. The molecule has 4 nitrogen and oxygen atoms in total. The van der Waals surface area contributed by atoms with Crippen molar-refractivity contribution in [2.24, 2.45) is 0 Å². The summed E-state index contributed by atoms with van der Waals surface area (Å²) < 4.78 is 0.825. The molecule has 2 rings (SSSR count). The summed E-state index contributed by atoms with van der Waals surface area (Å²) in [5, 5.41) is 6.29. The van der Waals surface area contributed by atoms with Crippen LogP contribution < -0.4 is 10.6 Å². The van der Waals surface area contributed by atoms with E-state index in [1.165, 1.54) is 0 Å². The van der Waals surface area contributed by atoms with Crippen LogP contribution in [0.4, 0.5) is 0 Å². The molecule has 1 amide bonds. The van der Waals surface area contributed by atoms with Gasteiger partial charge in [-0.05, 0) is 47.9 Å². The number of piperidine rings is 1. The normalized spacial score (nSPS) is 15.2. The Hall–Kier alpha value is -0.360. The van der Waals surface area contributed by atoms with Crippen molar-refractivity contribution in [3.63, 3.8) is 0 Å². The van der Waals surface area contributed by atoms with Gasteiger partial charge in [-0.1, -0.05) is 0 Å². The molecule has 18 heavy (non-hydrogen) atoms. The van der Waals surface area contributed by atoms with E-state index in [4.69, 9.17) is 0 Å². The average molecular weight is 357 g/mol. The molecule has 7 heteroatoms. The molecular formula is C11H16BrCl2N3O. The lowest BCUT2D eigenvalue weighted by atomic mass is 10.1. The molecule has 0 unspecified atom stereocenters. The zero-order chi connectivity index (χ0) is 11.4. The smallest absolute Gasteiger partial charge is 0.253 e. The van der Waals surface area contributed by atoms with E-state index in [1.807, 2.05) is 0 Å². The molecule has 2 heterocycles. The predicted molar refractivity (Wildman–Crippen MR) is 79.8 cm³/mol. The summed E-state index contributed by atoms with van der Waals surface area (Å²) in [6.45, 7) is 1.95. The highest BCUT2D eigenvalue weighted by Crippen LogP contribution is 2.10. The van der Waals surface area contributed by atoms with Crippen LogP contribution in [0.1, 0.15) is 23.2 Å². The summed E-state index contributed by atoms with van der Waals surface area (Å²) in [5.74, 6) is -0.0410. The lowest BCUT2D eigenvalue weighted by Crippen LogP contribution is -2.42. The largest absolute Gasteiger partial charge is 0.349 e. The van der Waals surface area contributed by atoms with Crippen LogP contribution in [-0.2, 0) is 0 Å². The van der Waals surface area contributed by atoms with Crippen molar-refractivity contribution in [1.82, 2.24) is 15.6 Å². The first-order valence-electron chi connectivity index (χ1n) is 5.38. The number of rotatable bonds is 2. The fourth-order valence-corrected chi connectivity index (χ4v) is 2.14. The number of nitrogens with zero attached hydrogens (tertiary/aromatic N) is 1. The molecule has 2 N–H and O–H groups in total. The first kappa shape index (κ1) is 17.6. The molecule has 0 spiro atoms. The minimum atomic E-state index is -0.0410. The highest BCUT2D eigenvalue weighted by atomic mass is 79.9. The van der Waals surface area contributed by atoms with Gasteiger partial charge in [0.15, 0.2) is 0 Å². The van der Waals surface area contributed by atoms with Gasteiger partial charge in [-0.25, -0.2) is 0 Å². The average Bonchev–Trinajstić information content (AvgIpc) is 2.30. The topological polar surface area (TPSA) is 54.0 Å². The van der Waals surface area contributed by atoms with Crippen molar-refractivity contribution in [2.45, 2.75) is 18.9 Å². The Morgan fingerprint density at radius 3 is 2.61 bits per heavy atom. The standard InChI is InChI=1S/C11H14BrN3O.2ClH/c12-9-5-8(6-14-7-9)11(16)15-10-1-3-13-4-2-10;;/h5-7,10,13H,1-4H2,(H,15,16);2*1H. The lowest BCUT2D eigenvalue weighted by Gasteiger charge is -2.23. The van der Waals surface area contributed by atoms with Gasteiger partial charge in [0.1, 0.15) is 0 Å². The summed E-state index contributed by atoms with van der Waals surface area (Å²) in [5.41, 5.74) is 0.605. The number of halogens is 3. The highest BCUT2D eigenvalue weighted by Gasteiger charge is 2.16. The van der Waals surface area contributed by atoms with Crippen LogP contribution in [0, 0.1) is 0 Å². The lowest BCUT2D eigenvalue weighted by molar-refractivity contribution is 0.0929. The predicted octanol–water partition coefficient (Wildman–Crippen LogP) is 2.17. The molecular weight excluding hydrogens is 341 g/mol. The minimum Gasteiger partial charge on any atom is -0.349 e. The molecule has 1 saturated heterocycles. The molecule has 1 aromatic rings. The van der Waals surface area contributed by atoms with E-state index in [0.717, 1.165) is 30.4 Å². The van der Waals surface area contributed by atoms with Crippen molar-refractivity contribution >= 4 is 46.7 Å². The van der Waals surface area contributed by atoms with Crippen LogP contribution in [0.25, 0.3) is 0 Å². The van der Waals surface area contributed by atoms with Crippen molar-refractivity contribution < 1.29 is 4.79 Å². The fraction of sp³-hybridized carbons (Fsp3) is 0.455. The van der Waals surface area contributed by atoms with Crippen LogP contribution in [0.5, 0.6) is 0 Å². The number of carbonyl (C=O) groups is 1. The maximum atomic E-state index is 11.9. The van der Waals surface area contributed by atoms with Gasteiger partial charge in [0, 0.05) is 22.9 Å². The van der Waals surface area contributed by atoms with Crippen LogP contribution in [0.15, 0.2) is 22.9 Å². The second-order valence-electron chi connectivity index (χ2n) is 3.89. The van der Waals surface area contributed by atoms with Crippen LogP contribution >= 0.6 is 40.7 Å². The monoisotopic (exact) mass is 355 g/mol. The van der Waals surface area contributed by atoms with E-state index in [1.54, 1.807) is 18.5 Å². The van der Waals surface area contributed by atoms with Gasteiger partial charge in [-0.15, -0.1) is 24.8 Å². The van der Waals surface area contributed by atoms with Gasteiger partial charge in [-0.3, -0.25) is 9.78 Å². The molecule has 1 fully saturated rings. The third kappa shape index (κ3) is 5.10. The molecule has 1 aromatic heterocycles. The Morgan fingerprint density at radius 2 is 2.00 bits per heavy atom. The molecule has 0 bridgehead atoms. The van der Waals surface area contributed by atoms with Gasteiger partial charge in [-0.2, -0.15) is 0 Å². The number of nitrogens with one attached hydrogen (secondary N) is 2. The fourth-order valence-electron chi connectivity index (χ4n) is 1.77. The number of hydrogen-bond donors (Lipinski definition) is 2. The van der Waals surface area contributed by atoms with Gasteiger partial charge < -0.3 is 10.6 Å². The van der Waals surface area contributed by atoms with Crippen LogP contribution in [-0.4, -0.2) is 30.0 Å². The summed E-state index contributed by atoms with van der Waals surface area (Å²) in [7, 11) is 0. The van der Waals surface area contributed by atoms with Crippen molar-refractivity contribution in [3.05, 3.63) is 28.5 Å². The molecule has 0 atom stereocenters.